The van der Waals surface area contributed by atoms with Crippen molar-refractivity contribution in [1.29, 1.82) is 0 Å². The zero-order valence-electron chi connectivity index (χ0n) is 12.8. The van der Waals surface area contributed by atoms with Crippen molar-refractivity contribution in [2.45, 2.75) is 13.8 Å². The van der Waals surface area contributed by atoms with Crippen molar-refractivity contribution >= 4 is 17.3 Å². The van der Waals surface area contributed by atoms with E-state index in [0.29, 0.717) is 13.2 Å². The van der Waals surface area contributed by atoms with E-state index < -0.39 is 0 Å². The van der Waals surface area contributed by atoms with Crippen LogP contribution in [-0.2, 0) is 14.3 Å². The molecule has 1 N–H and O–H groups in total. The normalized spacial score (nSPS) is 16.4. The summed E-state index contributed by atoms with van der Waals surface area (Å²) < 4.78 is 10.3. The van der Waals surface area contributed by atoms with E-state index in [4.69, 9.17) is 9.47 Å². The maximum absolute atomic E-state index is 11.5. The number of ether oxygens (including phenoxy) is 2. The molecule has 1 aromatic rings. The van der Waals surface area contributed by atoms with Gasteiger partial charge >= 0.3 is 5.97 Å². The number of anilines is 2. The number of nitrogens with zero attached hydrogens (tertiary/aromatic N) is 1. The maximum atomic E-state index is 11.5. The number of nitrogens with one attached hydrogen (secondary N) is 1. The van der Waals surface area contributed by atoms with Crippen molar-refractivity contribution in [2.24, 2.45) is 5.92 Å². The van der Waals surface area contributed by atoms with Crippen LogP contribution in [0.15, 0.2) is 24.3 Å². The van der Waals surface area contributed by atoms with E-state index in [2.05, 4.69) is 22.3 Å². The summed E-state index contributed by atoms with van der Waals surface area (Å²) in [7, 11) is 0. The average Bonchev–Trinajstić information content (AvgIpc) is 2.54. The van der Waals surface area contributed by atoms with Gasteiger partial charge in [-0.3, -0.25) is 4.79 Å². The van der Waals surface area contributed by atoms with Crippen molar-refractivity contribution in [1.82, 2.24) is 0 Å². The number of hydrogen-bond donors (Lipinski definition) is 1. The summed E-state index contributed by atoms with van der Waals surface area (Å²) in [5.41, 5.74) is 2.23. The molecule has 1 aliphatic heterocycles. The number of hydrogen-bond acceptors (Lipinski definition) is 5. The molecule has 0 amide bonds. The van der Waals surface area contributed by atoms with E-state index in [1.54, 1.807) is 0 Å². The zero-order valence-corrected chi connectivity index (χ0v) is 12.8. The van der Waals surface area contributed by atoms with Gasteiger partial charge in [0.05, 0.1) is 25.7 Å². The molecule has 0 aromatic heterocycles. The van der Waals surface area contributed by atoms with Gasteiger partial charge in [-0.15, -0.1) is 0 Å². The smallest absolute Gasteiger partial charge is 0.310 e. The van der Waals surface area contributed by atoms with Crippen LogP contribution < -0.4 is 10.2 Å². The number of rotatable bonds is 6. The van der Waals surface area contributed by atoms with Gasteiger partial charge in [-0.2, -0.15) is 0 Å². The lowest BCUT2D eigenvalue weighted by molar-refractivity contribution is -0.146. The van der Waals surface area contributed by atoms with E-state index >= 15 is 0 Å². The molecule has 1 fully saturated rings. The highest BCUT2D eigenvalue weighted by molar-refractivity contribution is 5.72. The highest BCUT2D eigenvalue weighted by atomic mass is 16.5. The Morgan fingerprint density at radius 2 is 2.00 bits per heavy atom. The summed E-state index contributed by atoms with van der Waals surface area (Å²) in [6.07, 6.45) is 0. The van der Waals surface area contributed by atoms with Crippen LogP contribution in [0.5, 0.6) is 0 Å². The maximum Gasteiger partial charge on any atom is 0.310 e. The first-order chi connectivity index (χ1) is 10.2. The van der Waals surface area contributed by atoms with Gasteiger partial charge in [-0.05, 0) is 31.2 Å². The molecule has 0 spiro atoms. The highest BCUT2D eigenvalue weighted by Crippen LogP contribution is 2.19. The Hall–Kier alpha value is -1.75. The van der Waals surface area contributed by atoms with Crippen LogP contribution >= 0.6 is 0 Å². The number of morpholine rings is 1. The summed E-state index contributed by atoms with van der Waals surface area (Å²) >= 11 is 0. The monoisotopic (exact) mass is 292 g/mol. The minimum absolute atomic E-state index is 0.149. The number of carbonyl (C=O) groups excluding carboxylic acids is 1. The van der Waals surface area contributed by atoms with Crippen molar-refractivity contribution in [3.8, 4) is 0 Å². The Bertz CT molecular complexity index is 441. The molecule has 0 radical (unpaired) electrons. The quantitative estimate of drug-likeness (QED) is 0.814. The molecule has 0 saturated carbocycles. The molecule has 116 valence electrons. The predicted octanol–water partition coefficient (Wildman–Crippen LogP) is 2.13. The van der Waals surface area contributed by atoms with Gasteiger partial charge in [-0.1, -0.05) is 6.92 Å². The van der Waals surface area contributed by atoms with E-state index in [0.717, 1.165) is 32.0 Å². The molecule has 1 atom stereocenters. The molecule has 5 nitrogen and oxygen atoms in total. The van der Waals surface area contributed by atoms with Crippen molar-refractivity contribution in [2.75, 3.05) is 49.7 Å². The predicted molar refractivity (Wildman–Crippen MR) is 83.8 cm³/mol. The summed E-state index contributed by atoms with van der Waals surface area (Å²) in [6.45, 7) is 8.15. The Kier molecular flexibility index (Phi) is 5.87. The summed E-state index contributed by atoms with van der Waals surface area (Å²) in [4.78, 5) is 13.9. The lowest BCUT2D eigenvalue weighted by Gasteiger charge is -2.29. The molecular formula is C16H24N2O3. The number of carbonyl (C=O) groups is 1. The molecule has 2 rings (SSSR count). The molecule has 21 heavy (non-hydrogen) atoms. The van der Waals surface area contributed by atoms with Crippen LogP contribution in [0.3, 0.4) is 0 Å². The molecule has 1 heterocycles. The third-order valence-corrected chi connectivity index (χ3v) is 3.54. The Morgan fingerprint density at radius 1 is 1.33 bits per heavy atom. The molecule has 1 saturated heterocycles. The fourth-order valence-electron chi connectivity index (χ4n) is 2.25. The second kappa shape index (κ2) is 7.88. The minimum atomic E-state index is -0.157. The molecule has 5 heteroatoms. The Labute approximate surface area is 126 Å². The fraction of sp³-hybridized carbons (Fsp3) is 0.562. The van der Waals surface area contributed by atoms with E-state index in [1.807, 2.05) is 26.0 Å². The number of benzene rings is 1. The van der Waals surface area contributed by atoms with Crippen LogP contribution in [0, 0.1) is 5.92 Å². The number of esters is 1. The highest BCUT2D eigenvalue weighted by Gasteiger charge is 2.14. The second-order valence-electron chi connectivity index (χ2n) is 5.18. The summed E-state index contributed by atoms with van der Waals surface area (Å²) in [5.74, 6) is -0.307. The van der Waals surface area contributed by atoms with E-state index in [-0.39, 0.29) is 11.9 Å². The molecule has 1 aromatic carbocycles. The molecule has 1 unspecified atom stereocenters. The second-order valence-corrected chi connectivity index (χ2v) is 5.18. The van der Waals surface area contributed by atoms with Gasteiger partial charge in [0, 0.05) is 31.0 Å². The SMILES string of the molecule is CCOC(=O)C(C)CNc1ccc(N2CCOCC2)cc1. The van der Waals surface area contributed by atoms with E-state index in [9.17, 15) is 4.79 Å². The van der Waals surface area contributed by atoms with Crippen molar-refractivity contribution in [3.05, 3.63) is 24.3 Å². The van der Waals surface area contributed by atoms with Gasteiger partial charge in [-0.25, -0.2) is 0 Å². The van der Waals surface area contributed by atoms with Crippen LogP contribution in [0.25, 0.3) is 0 Å². The van der Waals surface area contributed by atoms with Gasteiger partial charge < -0.3 is 19.7 Å². The van der Waals surface area contributed by atoms with Gasteiger partial charge in [0.2, 0.25) is 0 Å². The van der Waals surface area contributed by atoms with Gasteiger partial charge in [0.25, 0.3) is 0 Å². The molecular weight excluding hydrogens is 268 g/mol. The molecule has 0 bridgehead atoms. The van der Waals surface area contributed by atoms with Crippen molar-refractivity contribution < 1.29 is 14.3 Å². The zero-order chi connectivity index (χ0) is 15.1. The van der Waals surface area contributed by atoms with Gasteiger partial charge in [0.1, 0.15) is 0 Å². The third kappa shape index (κ3) is 4.63. The van der Waals surface area contributed by atoms with Crippen LogP contribution in [0.2, 0.25) is 0 Å². The van der Waals surface area contributed by atoms with Crippen LogP contribution in [-0.4, -0.2) is 45.4 Å². The first-order valence-electron chi connectivity index (χ1n) is 7.54. The topological polar surface area (TPSA) is 50.8 Å². The largest absolute Gasteiger partial charge is 0.466 e. The Balaban J connectivity index is 1.83. The van der Waals surface area contributed by atoms with Crippen LogP contribution in [0.1, 0.15) is 13.8 Å². The third-order valence-electron chi connectivity index (χ3n) is 3.54. The van der Waals surface area contributed by atoms with E-state index in [1.165, 1.54) is 5.69 Å². The first-order valence-corrected chi connectivity index (χ1v) is 7.54. The molecule has 0 aliphatic carbocycles. The van der Waals surface area contributed by atoms with Gasteiger partial charge in [0.15, 0.2) is 0 Å². The minimum Gasteiger partial charge on any atom is -0.466 e. The van der Waals surface area contributed by atoms with Crippen molar-refractivity contribution in [3.63, 3.8) is 0 Å². The first kappa shape index (κ1) is 15.6. The Morgan fingerprint density at radius 3 is 2.62 bits per heavy atom. The fourth-order valence-corrected chi connectivity index (χ4v) is 2.25. The van der Waals surface area contributed by atoms with Crippen LogP contribution in [0.4, 0.5) is 11.4 Å². The lowest BCUT2D eigenvalue weighted by Crippen LogP contribution is -2.36. The standard InChI is InChI=1S/C16H24N2O3/c1-3-21-16(19)13(2)12-17-14-4-6-15(7-5-14)18-8-10-20-11-9-18/h4-7,13,17H,3,8-12H2,1-2H3. The lowest BCUT2D eigenvalue weighted by atomic mass is 10.2. The average molecular weight is 292 g/mol. The molecule has 1 aliphatic rings. The summed E-state index contributed by atoms with van der Waals surface area (Å²) in [6, 6.07) is 8.29. The summed E-state index contributed by atoms with van der Waals surface area (Å²) in [5, 5.41) is 3.27.